The first kappa shape index (κ1) is 35.5. The molecule has 0 atom stereocenters. The van der Waals surface area contributed by atoms with Crippen molar-refractivity contribution in [1.29, 1.82) is 5.26 Å². The molecule has 2 aliphatic carbocycles. The monoisotopic (exact) mass is 824 g/mol. The minimum atomic E-state index is 0. The topological polar surface area (TPSA) is 94.6 Å². The van der Waals surface area contributed by atoms with Crippen molar-refractivity contribution in [2.24, 2.45) is 9.98 Å². The molecule has 2 fully saturated rings. The zero-order valence-electron chi connectivity index (χ0n) is 21.5. The van der Waals surface area contributed by atoms with Crippen LogP contribution < -0.4 is 28.1 Å². The van der Waals surface area contributed by atoms with Crippen LogP contribution in [0.5, 0.6) is 11.5 Å². The summed E-state index contributed by atoms with van der Waals surface area (Å²) in [5.74, 6) is 0.165. The Balaban J connectivity index is 0.000000337. The van der Waals surface area contributed by atoms with Gasteiger partial charge in [0, 0.05) is 6.92 Å². The molecule has 0 saturated heterocycles. The first-order valence-corrected chi connectivity index (χ1v) is 16.3. The summed E-state index contributed by atoms with van der Waals surface area (Å²) in [6, 6.07) is 10.1. The number of nitriles is 1. The molecule has 0 bridgehead atoms. The van der Waals surface area contributed by atoms with Gasteiger partial charge in [0.05, 0.1) is 6.07 Å². The Bertz CT molecular complexity index is 1030. The molecular formula is C28H35CoN3O2Se4. The molecule has 0 amide bonds. The molecule has 4 rings (SSSR count). The molecule has 0 aromatic heterocycles. The molecule has 0 spiro atoms. The third-order valence-electron chi connectivity index (χ3n) is 6.16. The molecule has 0 heterocycles. The summed E-state index contributed by atoms with van der Waals surface area (Å²) >= 11 is 9.61. The van der Waals surface area contributed by atoms with Crippen LogP contribution in [0, 0.1) is 11.3 Å². The SMILES string of the molecule is CC#N.[Co+2].[O-]c1c([SeH])cc([SeH])cc1C=NC1CCCCC1.[O-]c1c([SeH])cc([SeH])cc1C=NC1CCCCC1. The number of nitrogens with zero attached hydrogens (tertiary/aromatic N) is 3. The molecular weight excluding hydrogens is 785 g/mol. The van der Waals surface area contributed by atoms with Crippen molar-refractivity contribution in [3.05, 3.63) is 35.4 Å². The summed E-state index contributed by atoms with van der Waals surface area (Å²) in [7, 11) is 0. The maximum atomic E-state index is 11.9. The van der Waals surface area contributed by atoms with Gasteiger partial charge in [-0.3, -0.25) is 0 Å². The quantitative estimate of drug-likeness (QED) is 0.313. The van der Waals surface area contributed by atoms with Gasteiger partial charge < -0.3 is 0 Å². The number of hydrogen-bond acceptors (Lipinski definition) is 5. The van der Waals surface area contributed by atoms with Crippen molar-refractivity contribution in [3.63, 3.8) is 0 Å². The predicted octanol–water partition coefficient (Wildman–Crippen LogP) is -0.345. The molecule has 0 aliphatic heterocycles. The summed E-state index contributed by atoms with van der Waals surface area (Å²) in [4.78, 5) is 9.12. The van der Waals surface area contributed by atoms with Gasteiger partial charge in [-0.1, -0.05) is 0 Å². The van der Waals surface area contributed by atoms with E-state index in [0.29, 0.717) is 23.2 Å². The fourth-order valence-corrected chi connectivity index (χ4v) is 7.47. The fraction of sp³-hybridized carbons (Fsp3) is 0.464. The number of aliphatic imine (C=N–C) groups is 2. The van der Waals surface area contributed by atoms with Crippen LogP contribution in [0.4, 0.5) is 0 Å². The molecule has 2 saturated carbocycles. The summed E-state index contributed by atoms with van der Waals surface area (Å²) < 4.78 is 3.58. The van der Waals surface area contributed by atoms with Crippen LogP contribution in [0.1, 0.15) is 82.3 Å². The van der Waals surface area contributed by atoms with E-state index in [2.05, 4.69) is 74.0 Å². The first-order chi connectivity index (χ1) is 17.7. The van der Waals surface area contributed by atoms with Crippen molar-refractivity contribution >= 4 is 94.3 Å². The van der Waals surface area contributed by atoms with E-state index in [4.69, 9.17) is 5.26 Å². The fourth-order valence-electron chi connectivity index (χ4n) is 4.26. The van der Waals surface area contributed by atoms with Crippen molar-refractivity contribution in [2.45, 2.75) is 83.2 Å². The Kier molecular flexibility index (Phi) is 18.2. The third kappa shape index (κ3) is 12.8. The average Bonchev–Trinajstić information content (AvgIpc) is 2.88. The Labute approximate surface area is 270 Å². The summed E-state index contributed by atoms with van der Waals surface area (Å²) in [6.07, 6.45) is 16.0. The molecule has 0 N–H and O–H groups in total. The van der Waals surface area contributed by atoms with Crippen LogP contribution in [0.25, 0.3) is 0 Å². The van der Waals surface area contributed by atoms with E-state index in [9.17, 15) is 10.2 Å². The van der Waals surface area contributed by atoms with Gasteiger partial charge in [0.1, 0.15) is 0 Å². The van der Waals surface area contributed by atoms with E-state index < -0.39 is 0 Å². The standard InChI is InChI=1S/2C13H17NOSe2.C2H3N.Co/c2*15-13-9(6-11(16)7-12(13)17)8-14-10-4-2-1-3-5-10;1-2-3;/h2*6-8,10,15-17H,1-5H2;1H3;/q;;;+2/p-2. The maximum absolute atomic E-state index is 11.9. The van der Waals surface area contributed by atoms with E-state index in [-0.39, 0.29) is 28.3 Å². The van der Waals surface area contributed by atoms with Crippen molar-refractivity contribution < 1.29 is 27.0 Å². The Morgan fingerprint density at radius 1 is 0.711 bits per heavy atom. The second kappa shape index (κ2) is 19.5. The Morgan fingerprint density at radius 2 is 1.03 bits per heavy atom. The molecule has 2 aliphatic rings. The molecule has 0 unspecified atom stereocenters. The Hall–Kier alpha value is -0.546. The van der Waals surface area contributed by atoms with E-state index in [1.165, 1.54) is 71.1 Å². The van der Waals surface area contributed by atoms with Gasteiger partial charge in [0.25, 0.3) is 0 Å². The van der Waals surface area contributed by atoms with Crippen LogP contribution in [0.15, 0.2) is 34.3 Å². The molecule has 2 aromatic carbocycles. The zero-order chi connectivity index (χ0) is 27.2. The van der Waals surface area contributed by atoms with Gasteiger partial charge in [0.2, 0.25) is 0 Å². The zero-order valence-corrected chi connectivity index (χ0v) is 30.0. The molecule has 5 nitrogen and oxygen atoms in total. The first-order valence-electron chi connectivity index (χ1n) is 12.6. The number of hydrogen-bond donors (Lipinski definition) is 0. The second-order valence-electron chi connectivity index (χ2n) is 9.13. The van der Waals surface area contributed by atoms with Gasteiger partial charge in [-0.25, -0.2) is 0 Å². The van der Waals surface area contributed by atoms with Crippen LogP contribution in [0.3, 0.4) is 0 Å². The van der Waals surface area contributed by atoms with Crippen molar-refractivity contribution in [1.82, 2.24) is 0 Å². The van der Waals surface area contributed by atoms with E-state index in [0.717, 1.165) is 17.8 Å². The van der Waals surface area contributed by atoms with Crippen molar-refractivity contribution in [3.8, 4) is 17.6 Å². The van der Waals surface area contributed by atoms with E-state index in [1.54, 1.807) is 18.5 Å². The summed E-state index contributed by atoms with van der Waals surface area (Å²) in [6.45, 7) is 1.43. The van der Waals surface area contributed by atoms with Gasteiger partial charge in [0.15, 0.2) is 0 Å². The van der Waals surface area contributed by atoms with Gasteiger partial charge >= 0.3 is 254 Å². The number of benzene rings is 2. The minimum absolute atomic E-state index is 0. The van der Waals surface area contributed by atoms with Gasteiger partial charge in [-0.05, 0) is 0 Å². The average molecular weight is 820 g/mol. The molecule has 207 valence electrons. The van der Waals surface area contributed by atoms with Crippen LogP contribution in [-0.4, -0.2) is 88.6 Å². The van der Waals surface area contributed by atoms with Gasteiger partial charge in [-0.2, -0.15) is 5.26 Å². The summed E-state index contributed by atoms with van der Waals surface area (Å²) in [5, 5.41) is 31.1. The van der Waals surface area contributed by atoms with Crippen molar-refractivity contribution in [2.75, 3.05) is 0 Å². The number of rotatable bonds is 4. The third-order valence-corrected chi connectivity index (χ3v) is 8.64. The predicted molar refractivity (Wildman–Crippen MR) is 159 cm³/mol. The Morgan fingerprint density at radius 3 is 1.34 bits per heavy atom. The van der Waals surface area contributed by atoms with Crippen LogP contribution in [-0.2, 0) is 16.8 Å². The second-order valence-corrected chi connectivity index (χ2v) is 13.3. The van der Waals surface area contributed by atoms with Gasteiger partial charge in [-0.15, -0.1) is 0 Å². The normalized spacial score (nSPS) is 16.1. The molecule has 1 radical (unpaired) electrons. The van der Waals surface area contributed by atoms with Crippen LogP contribution >= 0.6 is 0 Å². The molecule has 2 aromatic rings. The van der Waals surface area contributed by atoms with Crippen LogP contribution in [0.2, 0.25) is 0 Å². The van der Waals surface area contributed by atoms with E-state index >= 15 is 0 Å². The molecule has 10 heteroatoms. The summed E-state index contributed by atoms with van der Waals surface area (Å²) in [5.41, 5.74) is 1.42. The molecule has 38 heavy (non-hydrogen) atoms. The van der Waals surface area contributed by atoms with E-state index in [1.807, 2.05) is 24.3 Å².